The Balaban J connectivity index is 1.70. The fourth-order valence-corrected chi connectivity index (χ4v) is 8.57. The zero-order chi connectivity index (χ0) is 38.5. The smallest absolute Gasteiger partial charge is 0.425 e. The molecule has 0 radical (unpaired) electrons. The minimum Gasteiger partial charge on any atom is -0.455 e. The normalized spacial score (nSPS) is 39.0. The summed E-state index contributed by atoms with van der Waals surface area (Å²) in [5.74, 6) is -2.36. The van der Waals surface area contributed by atoms with E-state index in [-0.39, 0.29) is 24.3 Å². The molecule has 0 saturated carbocycles. The average Bonchev–Trinajstić information content (AvgIpc) is 3.36. The van der Waals surface area contributed by atoms with Gasteiger partial charge in [-0.2, -0.15) is 0 Å². The van der Waals surface area contributed by atoms with E-state index in [1.165, 1.54) is 10.6 Å². The van der Waals surface area contributed by atoms with Gasteiger partial charge in [0.05, 0.1) is 17.8 Å². The van der Waals surface area contributed by atoms with Crippen molar-refractivity contribution in [3.8, 4) is 0 Å². The Morgan fingerprint density at radius 2 is 1.75 bits per heavy atom. The number of amides is 1. The third kappa shape index (κ3) is 9.07. The highest BCUT2D eigenvalue weighted by molar-refractivity contribution is 5.88. The number of aliphatic hydroxyl groups excluding tert-OH is 1. The number of aliphatic hydroxyl groups is 1. The van der Waals surface area contributed by atoms with Crippen LogP contribution in [0.4, 0.5) is 4.79 Å². The van der Waals surface area contributed by atoms with Crippen LogP contribution in [-0.2, 0) is 39.7 Å². The van der Waals surface area contributed by atoms with Gasteiger partial charge >= 0.3 is 12.1 Å². The van der Waals surface area contributed by atoms with E-state index >= 15 is 0 Å². The van der Waals surface area contributed by atoms with Gasteiger partial charge in [-0.3, -0.25) is 4.79 Å². The molecular formula is C40H63N3O9. The number of esters is 1. The summed E-state index contributed by atoms with van der Waals surface area (Å²) in [6, 6.07) is 9.11. The molecule has 0 aliphatic carbocycles. The number of carbonyl (C=O) groups is 3. The maximum Gasteiger partial charge on any atom is 0.425 e. The molecule has 4 rings (SSSR count). The number of hydrazine groups is 1. The molecule has 52 heavy (non-hydrogen) atoms. The lowest BCUT2D eigenvalue weighted by atomic mass is 9.74. The third-order valence-corrected chi connectivity index (χ3v) is 11.5. The van der Waals surface area contributed by atoms with Gasteiger partial charge in [0.2, 0.25) is 0 Å². The van der Waals surface area contributed by atoms with Crippen LogP contribution in [0.15, 0.2) is 42.0 Å². The first-order valence-corrected chi connectivity index (χ1v) is 18.9. The molecule has 1 amide bonds. The van der Waals surface area contributed by atoms with Crippen molar-refractivity contribution >= 4 is 17.8 Å². The van der Waals surface area contributed by atoms with Gasteiger partial charge in [-0.1, -0.05) is 64.1 Å². The number of benzene rings is 1. The van der Waals surface area contributed by atoms with Crippen LogP contribution in [0.2, 0.25) is 0 Å². The molecule has 0 aromatic heterocycles. The Kier molecular flexibility index (Phi) is 14.1. The van der Waals surface area contributed by atoms with E-state index in [4.69, 9.17) is 23.7 Å². The molecule has 0 bridgehead atoms. The van der Waals surface area contributed by atoms with Crippen LogP contribution in [0.3, 0.4) is 0 Å². The lowest BCUT2D eigenvalue weighted by Gasteiger charge is -2.46. The quantitative estimate of drug-likeness (QED) is 0.247. The Hall–Kier alpha value is -2.87. The lowest BCUT2D eigenvalue weighted by molar-refractivity contribution is -0.294. The van der Waals surface area contributed by atoms with Gasteiger partial charge in [-0.15, -0.1) is 0 Å². The van der Waals surface area contributed by atoms with Crippen LogP contribution in [0.25, 0.3) is 0 Å². The number of nitrogens with one attached hydrogen (secondary N) is 1. The Labute approximate surface area is 310 Å². The average molecular weight is 730 g/mol. The summed E-state index contributed by atoms with van der Waals surface area (Å²) in [6.07, 6.45) is 0.259. The number of hydrogen-bond acceptors (Lipinski definition) is 11. The first-order chi connectivity index (χ1) is 24.5. The zero-order valence-electron chi connectivity index (χ0n) is 33.1. The van der Waals surface area contributed by atoms with Gasteiger partial charge in [-0.25, -0.2) is 20.0 Å². The van der Waals surface area contributed by atoms with E-state index < -0.39 is 71.7 Å². The first-order valence-electron chi connectivity index (χ1n) is 18.9. The number of aryl methyl sites for hydroxylation is 1. The molecule has 0 unspecified atom stereocenters. The third-order valence-electron chi connectivity index (χ3n) is 11.5. The minimum absolute atomic E-state index is 0.0968. The Bertz CT molecular complexity index is 1410. The van der Waals surface area contributed by atoms with Gasteiger partial charge in [0.15, 0.2) is 11.9 Å². The zero-order valence-corrected chi connectivity index (χ0v) is 33.1. The van der Waals surface area contributed by atoms with E-state index in [0.29, 0.717) is 25.0 Å². The van der Waals surface area contributed by atoms with E-state index in [1.807, 2.05) is 78.7 Å². The van der Waals surface area contributed by atoms with Crippen molar-refractivity contribution in [2.45, 2.75) is 141 Å². The molecule has 2 saturated heterocycles. The number of fused-ring (bicyclic) bond motifs is 1. The van der Waals surface area contributed by atoms with Crippen molar-refractivity contribution in [1.29, 1.82) is 0 Å². The van der Waals surface area contributed by atoms with Gasteiger partial charge in [0, 0.05) is 43.0 Å². The molecule has 12 nitrogen and oxygen atoms in total. The van der Waals surface area contributed by atoms with Crippen molar-refractivity contribution in [2.24, 2.45) is 17.8 Å². The van der Waals surface area contributed by atoms with Crippen LogP contribution in [-0.4, -0.2) is 115 Å². The number of methoxy groups -OCH3 is 1. The van der Waals surface area contributed by atoms with Crippen LogP contribution in [0, 0.1) is 17.8 Å². The van der Waals surface area contributed by atoms with Gasteiger partial charge < -0.3 is 33.7 Å². The van der Waals surface area contributed by atoms with E-state index in [0.717, 1.165) is 12.8 Å². The highest BCUT2D eigenvalue weighted by atomic mass is 16.7. The highest BCUT2D eigenvalue weighted by Crippen LogP contribution is 2.42. The second kappa shape index (κ2) is 17.5. The standard InChI is InChI=1S/C40H63N3O9/c1-12-31-40(8)34(43(38(47)52-40)41-20-16-19-29-17-14-13-15-18-29)28(6)32(44)26(4)23-39(7,48-11)35(24(2)21-25(3)36(46)50-31)51-37-33(45)30(42(9)10)22-27(5)49-37/h13-15,17-18,21,24,26-28,30-31,33-35,37,41,45H,12,16,19-20,22-23H2,1-11H3/b25-21-/t24-,26+,27+,28-,30-,31+,33+,34+,35+,37-,39+,40+/m0/s1. The second-order valence-electron chi connectivity index (χ2n) is 15.8. The largest absolute Gasteiger partial charge is 0.455 e. The summed E-state index contributed by atoms with van der Waals surface area (Å²) >= 11 is 0. The Morgan fingerprint density at radius 1 is 1.08 bits per heavy atom. The highest BCUT2D eigenvalue weighted by Gasteiger charge is 2.60. The predicted molar refractivity (Wildman–Crippen MR) is 197 cm³/mol. The van der Waals surface area contributed by atoms with E-state index in [1.54, 1.807) is 27.0 Å². The summed E-state index contributed by atoms with van der Waals surface area (Å²) in [4.78, 5) is 44.0. The monoisotopic (exact) mass is 729 g/mol. The fourth-order valence-electron chi connectivity index (χ4n) is 8.57. The van der Waals surface area contributed by atoms with Crippen molar-refractivity contribution in [1.82, 2.24) is 15.3 Å². The summed E-state index contributed by atoms with van der Waals surface area (Å²) in [5, 5.41) is 12.8. The molecule has 0 spiro atoms. The molecule has 2 N–H and O–H groups in total. The minimum atomic E-state index is -1.33. The number of hydrogen-bond donors (Lipinski definition) is 2. The van der Waals surface area contributed by atoms with Gasteiger partial charge in [-0.05, 0) is 79.5 Å². The van der Waals surface area contributed by atoms with Crippen LogP contribution < -0.4 is 5.43 Å². The van der Waals surface area contributed by atoms with Crippen molar-refractivity contribution in [3.05, 3.63) is 47.5 Å². The molecule has 1 aromatic rings. The maximum atomic E-state index is 14.6. The molecule has 12 atom stereocenters. The van der Waals surface area contributed by atoms with Crippen molar-refractivity contribution in [3.63, 3.8) is 0 Å². The molecule has 3 aliphatic heterocycles. The lowest BCUT2D eigenvalue weighted by Crippen LogP contribution is -2.60. The van der Waals surface area contributed by atoms with Gasteiger partial charge in [0.1, 0.15) is 24.0 Å². The predicted octanol–water partition coefficient (Wildman–Crippen LogP) is 5.07. The van der Waals surface area contributed by atoms with Crippen molar-refractivity contribution < 1.29 is 43.2 Å². The number of carbonyl (C=O) groups excluding carboxylic acids is 3. The second-order valence-corrected chi connectivity index (χ2v) is 15.8. The van der Waals surface area contributed by atoms with Gasteiger partial charge in [0.25, 0.3) is 0 Å². The van der Waals surface area contributed by atoms with Crippen LogP contribution in [0.1, 0.15) is 86.6 Å². The van der Waals surface area contributed by atoms with E-state index in [2.05, 4.69) is 17.6 Å². The first kappa shape index (κ1) is 41.9. The SMILES string of the molecule is CC[C@H]1OC(=O)/C(C)=C\[C@H](C)[C@@H](O[C@@H]2O[C@H](C)C[C@H](N(C)C)[C@H]2O)[C@](C)(OC)C[C@@H](C)C(=O)[C@H](C)[C@H]2N(NCCCc3ccccc3)C(=O)O[C@]12C. The number of nitrogens with zero attached hydrogens (tertiary/aromatic N) is 2. The number of rotatable bonds is 10. The molecular weight excluding hydrogens is 666 g/mol. The van der Waals surface area contributed by atoms with Crippen LogP contribution >= 0.6 is 0 Å². The molecule has 292 valence electrons. The number of ketones is 1. The number of Topliss-reactive ketones (excluding diaryl/α,β-unsaturated/α-hetero) is 1. The maximum absolute atomic E-state index is 14.6. The molecule has 3 heterocycles. The molecule has 12 heteroatoms. The molecule has 3 aliphatic rings. The fraction of sp³-hybridized carbons (Fsp3) is 0.725. The Morgan fingerprint density at radius 3 is 2.37 bits per heavy atom. The number of likely N-dealkylation sites (N-methyl/N-ethyl adjacent to an activating group) is 1. The molecule has 1 aromatic carbocycles. The summed E-state index contributed by atoms with van der Waals surface area (Å²) < 4.78 is 31.4. The summed E-state index contributed by atoms with van der Waals surface area (Å²) in [6.45, 7) is 15.2. The van der Waals surface area contributed by atoms with Crippen molar-refractivity contribution in [2.75, 3.05) is 27.7 Å². The summed E-state index contributed by atoms with van der Waals surface area (Å²) in [7, 11) is 5.41. The number of ether oxygens (including phenoxy) is 5. The summed E-state index contributed by atoms with van der Waals surface area (Å²) in [5.41, 5.74) is 2.40. The molecule has 2 fully saturated rings. The topological polar surface area (TPSA) is 136 Å². The van der Waals surface area contributed by atoms with E-state index in [9.17, 15) is 19.5 Å². The van der Waals surface area contributed by atoms with Crippen LogP contribution in [0.5, 0.6) is 0 Å². The number of cyclic esters (lactones) is 1.